The molecule has 1 N–H and O–H groups in total. The lowest BCUT2D eigenvalue weighted by molar-refractivity contribution is 0.103. The second-order valence-corrected chi connectivity index (χ2v) is 6.54. The Morgan fingerprint density at radius 1 is 1.40 bits per heavy atom. The van der Waals surface area contributed by atoms with Gasteiger partial charge in [-0.3, -0.25) is 14.2 Å². The van der Waals surface area contributed by atoms with Crippen LogP contribution in [0.5, 0.6) is 5.88 Å². The molecule has 0 fully saturated rings. The maximum atomic E-state index is 13.0. The minimum absolute atomic E-state index is 0.110. The molecule has 0 aliphatic heterocycles. The van der Waals surface area contributed by atoms with Crippen LogP contribution in [0.1, 0.15) is 53.4 Å². The van der Waals surface area contributed by atoms with Crippen molar-refractivity contribution in [2.75, 3.05) is 0 Å². The first-order valence-electron chi connectivity index (χ1n) is 7.62. The van der Waals surface area contributed by atoms with Crippen molar-refractivity contribution in [3.8, 4) is 11.9 Å². The molecule has 0 aliphatic carbocycles. The molecule has 0 radical (unpaired) electrons. The number of hydrogen-bond donors (Lipinski definition) is 1. The molecule has 1 heterocycles. The Morgan fingerprint density at radius 2 is 2.04 bits per heavy atom. The van der Waals surface area contributed by atoms with Gasteiger partial charge in [-0.15, -0.1) is 0 Å². The van der Waals surface area contributed by atoms with E-state index in [9.17, 15) is 20.0 Å². The molecular formula is C18H16Cl2N2O3. The highest BCUT2D eigenvalue weighted by molar-refractivity contribution is 6.37. The molecule has 7 heteroatoms. The number of rotatable bonds is 4. The third-order valence-electron chi connectivity index (χ3n) is 4.18. The predicted octanol–water partition coefficient (Wildman–Crippen LogP) is 4.24. The SMILES string of the molecule is CCC(C)n1c(O)c(C(=O)c2ccc(Cl)cc2Cl)c(C)c(C#N)c1=O. The van der Waals surface area contributed by atoms with Crippen LogP contribution in [0.25, 0.3) is 0 Å². The Bertz CT molecular complexity index is 958. The summed E-state index contributed by atoms with van der Waals surface area (Å²) in [5.74, 6) is -1.04. The van der Waals surface area contributed by atoms with E-state index >= 15 is 0 Å². The summed E-state index contributed by atoms with van der Waals surface area (Å²) in [5, 5.41) is 20.4. The number of halogens is 2. The van der Waals surface area contributed by atoms with Crippen LogP contribution in [0.4, 0.5) is 0 Å². The van der Waals surface area contributed by atoms with Gasteiger partial charge in [-0.25, -0.2) is 0 Å². The molecule has 1 aromatic carbocycles. The number of aromatic hydroxyl groups is 1. The molecule has 0 saturated carbocycles. The van der Waals surface area contributed by atoms with Crippen LogP contribution < -0.4 is 5.56 Å². The van der Waals surface area contributed by atoms with Gasteiger partial charge in [0, 0.05) is 16.6 Å². The fourth-order valence-electron chi connectivity index (χ4n) is 2.59. The van der Waals surface area contributed by atoms with Crippen LogP contribution in [0.2, 0.25) is 10.0 Å². The van der Waals surface area contributed by atoms with E-state index in [0.29, 0.717) is 11.4 Å². The summed E-state index contributed by atoms with van der Waals surface area (Å²) >= 11 is 11.9. The van der Waals surface area contributed by atoms with Gasteiger partial charge in [0.15, 0.2) is 5.78 Å². The standard InChI is InChI=1S/C18H16Cl2N2O3/c1-4-9(2)22-17(24)13(8-21)10(3)15(18(22)25)16(23)12-6-5-11(19)7-14(12)20/h5-7,9,25H,4H2,1-3H3. The first-order chi connectivity index (χ1) is 11.7. The highest BCUT2D eigenvalue weighted by atomic mass is 35.5. The minimum atomic E-state index is -0.620. The summed E-state index contributed by atoms with van der Waals surface area (Å²) in [4.78, 5) is 25.4. The maximum Gasteiger partial charge on any atom is 0.271 e. The van der Waals surface area contributed by atoms with E-state index < -0.39 is 17.2 Å². The van der Waals surface area contributed by atoms with Crippen LogP contribution in [-0.4, -0.2) is 15.5 Å². The molecule has 0 aliphatic rings. The molecule has 1 atom stereocenters. The van der Waals surface area contributed by atoms with Gasteiger partial charge >= 0.3 is 0 Å². The van der Waals surface area contributed by atoms with Crippen molar-refractivity contribution in [3.05, 3.63) is 60.9 Å². The quantitative estimate of drug-likeness (QED) is 0.806. The Hall–Kier alpha value is -2.29. The number of nitriles is 1. The highest BCUT2D eigenvalue weighted by Gasteiger charge is 2.27. The van der Waals surface area contributed by atoms with E-state index in [1.807, 2.05) is 13.0 Å². The van der Waals surface area contributed by atoms with E-state index in [2.05, 4.69) is 0 Å². The van der Waals surface area contributed by atoms with Crippen LogP contribution in [-0.2, 0) is 0 Å². The summed E-state index contributed by atoms with van der Waals surface area (Å²) in [6, 6.07) is 5.81. The van der Waals surface area contributed by atoms with Gasteiger partial charge in [0.2, 0.25) is 5.88 Å². The number of pyridine rings is 1. The van der Waals surface area contributed by atoms with Crippen molar-refractivity contribution < 1.29 is 9.90 Å². The van der Waals surface area contributed by atoms with E-state index in [1.165, 1.54) is 25.1 Å². The zero-order valence-electron chi connectivity index (χ0n) is 13.9. The summed E-state index contributed by atoms with van der Waals surface area (Å²) < 4.78 is 1.07. The smallest absolute Gasteiger partial charge is 0.271 e. The molecule has 25 heavy (non-hydrogen) atoms. The predicted molar refractivity (Wildman–Crippen MR) is 96.7 cm³/mol. The van der Waals surface area contributed by atoms with Crippen molar-refractivity contribution >= 4 is 29.0 Å². The van der Waals surface area contributed by atoms with Gasteiger partial charge in [0.25, 0.3) is 5.56 Å². The second kappa shape index (κ2) is 7.30. The number of aromatic nitrogens is 1. The van der Waals surface area contributed by atoms with Crippen LogP contribution in [0, 0.1) is 18.3 Å². The minimum Gasteiger partial charge on any atom is -0.494 e. The average molecular weight is 379 g/mol. The Morgan fingerprint density at radius 3 is 2.56 bits per heavy atom. The largest absolute Gasteiger partial charge is 0.494 e. The lowest BCUT2D eigenvalue weighted by Gasteiger charge is -2.19. The zero-order valence-corrected chi connectivity index (χ0v) is 15.4. The van der Waals surface area contributed by atoms with Crippen LogP contribution in [0.15, 0.2) is 23.0 Å². The van der Waals surface area contributed by atoms with Crippen LogP contribution >= 0.6 is 23.2 Å². The number of carbonyl (C=O) groups is 1. The van der Waals surface area contributed by atoms with Gasteiger partial charge in [0.1, 0.15) is 11.6 Å². The van der Waals surface area contributed by atoms with Gasteiger partial charge in [-0.2, -0.15) is 5.26 Å². The Balaban J connectivity index is 2.83. The number of hydrogen-bond acceptors (Lipinski definition) is 4. The molecule has 1 aromatic heterocycles. The van der Waals surface area contributed by atoms with Crippen molar-refractivity contribution in [1.82, 2.24) is 4.57 Å². The van der Waals surface area contributed by atoms with Crippen molar-refractivity contribution in [2.45, 2.75) is 33.2 Å². The Kier molecular flexibility index (Phi) is 5.56. The first kappa shape index (κ1) is 19.0. The van der Waals surface area contributed by atoms with E-state index in [-0.39, 0.29) is 33.3 Å². The third-order valence-corrected chi connectivity index (χ3v) is 4.73. The molecule has 1 unspecified atom stereocenters. The van der Waals surface area contributed by atoms with Gasteiger partial charge in [-0.1, -0.05) is 30.1 Å². The average Bonchev–Trinajstić information content (AvgIpc) is 2.54. The summed E-state index contributed by atoms with van der Waals surface area (Å²) in [5.41, 5.74) is -0.652. The number of carbonyl (C=O) groups excluding carboxylic acids is 1. The zero-order chi connectivity index (χ0) is 18.9. The van der Waals surface area contributed by atoms with Crippen molar-refractivity contribution in [2.24, 2.45) is 0 Å². The van der Waals surface area contributed by atoms with Gasteiger partial charge in [0.05, 0.1) is 10.6 Å². The van der Waals surface area contributed by atoms with E-state index in [0.717, 1.165) is 4.57 Å². The molecule has 0 saturated heterocycles. The lowest BCUT2D eigenvalue weighted by Crippen LogP contribution is -2.28. The fraction of sp³-hybridized carbons (Fsp3) is 0.278. The van der Waals surface area contributed by atoms with Crippen LogP contribution in [0.3, 0.4) is 0 Å². The maximum absolute atomic E-state index is 13.0. The number of ketones is 1. The van der Waals surface area contributed by atoms with Gasteiger partial charge < -0.3 is 5.11 Å². The number of nitrogens with zero attached hydrogens (tertiary/aromatic N) is 2. The highest BCUT2D eigenvalue weighted by Crippen LogP contribution is 2.30. The fourth-order valence-corrected chi connectivity index (χ4v) is 3.09. The molecule has 5 nitrogen and oxygen atoms in total. The monoisotopic (exact) mass is 378 g/mol. The Labute approximate surface area is 155 Å². The molecule has 0 spiro atoms. The van der Waals surface area contributed by atoms with Crippen molar-refractivity contribution in [3.63, 3.8) is 0 Å². The molecule has 2 aromatic rings. The summed E-state index contributed by atoms with van der Waals surface area (Å²) in [7, 11) is 0. The molecule has 0 bridgehead atoms. The normalized spacial score (nSPS) is 11.8. The number of benzene rings is 1. The third kappa shape index (κ3) is 3.28. The first-order valence-corrected chi connectivity index (χ1v) is 8.38. The summed E-state index contributed by atoms with van der Waals surface area (Å²) in [6.07, 6.45) is 0.538. The molecule has 2 rings (SSSR count). The molecule has 130 valence electrons. The summed E-state index contributed by atoms with van der Waals surface area (Å²) in [6.45, 7) is 5.01. The lowest BCUT2D eigenvalue weighted by atomic mass is 9.96. The van der Waals surface area contributed by atoms with E-state index in [4.69, 9.17) is 23.2 Å². The molecule has 0 amide bonds. The van der Waals surface area contributed by atoms with Crippen molar-refractivity contribution in [1.29, 1.82) is 5.26 Å². The topological polar surface area (TPSA) is 83.1 Å². The second-order valence-electron chi connectivity index (χ2n) is 5.70. The van der Waals surface area contributed by atoms with E-state index in [1.54, 1.807) is 6.92 Å². The van der Waals surface area contributed by atoms with Gasteiger partial charge in [-0.05, 0) is 44.0 Å². The molecular weight excluding hydrogens is 363 g/mol.